The molecule has 2 aromatic rings. The van der Waals surface area contributed by atoms with Crippen LogP contribution in [0.15, 0.2) is 35.1 Å². The highest BCUT2D eigenvalue weighted by atomic mass is 16.4. The lowest BCUT2D eigenvalue weighted by atomic mass is 10.2. The highest BCUT2D eigenvalue weighted by Crippen LogP contribution is 2.18. The molecule has 2 heterocycles. The zero-order valence-electron chi connectivity index (χ0n) is 8.42. The molecule has 0 aromatic carbocycles. The van der Waals surface area contributed by atoms with E-state index in [1.807, 2.05) is 12.1 Å². The van der Waals surface area contributed by atoms with Gasteiger partial charge in [0.15, 0.2) is 0 Å². The molecular weight excluding hydrogens is 192 g/mol. The number of aromatic nitrogens is 2. The number of aliphatic hydroxyl groups excluding tert-OH is 1. The standard InChI is InChI=1S/C11H12N2O2/c1-8(14)5-10-7-13-11(15-10)9-3-2-4-12-6-9/h2-4,6-8,14H,5H2,1H3. The normalized spacial score (nSPS) is 12.7. The quantitative estimate of drug-likeness (QED) is 0.826. The lowest BCUT2D eigenvalue weighted by Gasteiger charge is -1.98. The van der Waals surface area contributed by atoms with Crippen LogP contribution in [0.3, 0.4) is 0 Å². The fraction of sp³-hybridized carbons (Fsp3) is 0.273. The van der Waals surface area contributed by atoms with E-state index in [0.717, 1.165) is 5.56 Å². The molecular formula is C11H12N2O2. The summed E-state index contributed by atoms with van der Waals surface area (Å²) in [4.78, 5) is 8.10. The van der Waals surface area contributed by atoms with Gasteiger partial charge in [-0.2, -0.15) is 0 Å². The first-order valence-corrected chi connectivity index (χ1v) is 4.79. The first-order valence-electron chi connectivity index (χ1n) is 4.79. The molecule has 0 aliphatic rings. The SMILES string of the molecule is CC(O)Cc1cnc(-c2cccnc2)o1. The van der Waals surface area contributed by atoms with E-state index in [2.05, 4.69) is 9.97 Å². The van der Waals surface area contributed by atoms with Crippen molar-refractivity contribution in [3.63, 3.8) is 0 Å². The van der Waals surface area contributed by atoms with Crippen LogP contribution < -0.4 is 0 Å². The number of hydrogen-bond donors (Lipinski definition) is 1. The third kappa shape index (κ3) is 2.41. The van der Waals surface area contributed by atoms with Crippen LogP contribution in [0.4, 0.5) is 0 Å². The van der Waals surface area contributed by atoms with Gasteiger partial charge in [-0.1, -0.05) is 0 Å². The second-order valence-corrected chi connectivity index (χ2v) is 3.43. The van der Waals surface area contributed by atoms with Crippen molar-refractivity contribution in [3.05, 3.63) is 36.5 Å². The number of aliphatic hydroxyl groups is 1. The Labute approximate surface area is 87.6 Å². The second-order valence-electron chi connectivity index (χ2n) is 3.43. The second kappa shape index (κ2) is 4.23. The first-order chi connectivity index (χ1) is 7.25. The number of oxazole rings is 1. The highest BCUT2D eigenvalue weighted by molar-refractivity contribution is 5.50. The molecule has 2 rings (SSSR count). The molecule has 0 fully saturated rings. The Morgan fingerprint density at radius 1 is 1.47 bits per heavy atom. The van der Waals surface area contributed by atoms with Crippen LogP contribution in [0.5, 0.6) is 0 Å². The largest absolute Gasteiger partial charge is 0.441 e. The third-order valence-corrected chi connectivity index (χ3v) is 1.96. The van der Waals surface area contributed by atoms with Gasteiger partial charge in [0.2, 0.25) is 5.89 Å². The lowest BCUT2D eigenvalue weighted by Crippen LogP contribution is -2.02. The number of hydrogen-bond acceptors (Lipinski definition) is 4. The van der Waals surface area contributed by atoms with Crippen LogP contribution in [-0.4, -0.2) is 21.2 Å². The van der Waals surface area contributed by atoms with Crippen molar-refractivity contribution in [2.24, 2.45) is 0 Å². The molecule has 2 aromatic heterocycles. The minimum Gasteiger partial charge on any atom is -0.441 e. The van der Waals surface area contributed by atoms with Crippen LogP contribution in [0.1, 0.15) is 12.7 Å². The minimum atomic E-state index is -0.417. The van der Waals surface area contributed by atoms with Crippen molar-refractivity contribution in [2.45, 2.75) is 19.4 Å². The molecule has 0 aliphatic heterocycles. The molecule has 4 heteroatoms. The first kappa shape index (κ1) is 9.86. The predicted octanol–water partition coefficient (Wildman–Crippen LogP) is 1.66. The fourth-order valence-corrected chi connectivity index (χ4v) is 1.32. The molecule has 0 bridgehead atoms. The van der Waals surface area contributed by atoms with E-state index in [1.54, 1.807) is 25.5 Å². The molecule has 0 amide bonds. The van der Waals surface area contributed by atoms with Gasteiger partial charge in [-0.25, -0.2) is 4.98 Å². The van der Waals surface area contributed by atoms with Gasteiger partial charge in [0.25, 0.3) is 0 Å². The van der Waals surface area contributed by atoms with Crippen molar-refractivity contribution in [1.29, 1.82) is 0 Å². The Bertz CT molecular complexity index is 423. The van der Waals surface area contributed by atoms with Crippen LogP contribution >= 0.6 is 0 Å². The van der Waals surface area contributed by atoms with Crippen LogP contribution in [-0.2, 0) is 6.42 Å². The maximum Gasteiger partial charge on any atom is 0.227 e. The molecule has 78 valence electrons. The van der Waals surface area contributed by atoms with Gasteiger partial charge in [0.1, 0.15) is 5.76 Å². The Morgan fingerprint density at radius 3 is 3.00 bits per heavy atom. The summed E-state index contributed by atoms with van der Waals surface area (Å²) in [5, 5.41) is 9.19. The Kier molecular flexibility index (Phi) is 2.78. The van der Waals surface area contributed by atoms with Crippen molar-refractivity contribution >= 4 is 0 Å². The van der Waals surface area contributed by atoms with E-state index in [4.69, 9.17) is 4.42 Å². The molecule has 0 saturated carbocycles. The molecule has 15 heavy (non-hydrogen) atoms. The summed E-state index contributed by atoms with van der Waals surface area (Å²) in [6, 6.07) is 3.71. The molecule has 0 spiro atoms. The van der Waals surface area contributed by atoms with Crippen molar-refractivity contribution in [2.75, 3.05) is 0 Å². The van der Waals surface area contributed by atoms with E-state index >= 15 is 0 Å². The predicted molar refractivity (Wildman–Crippen MR) is 55.1 cm³/mol. The summed E-state index contributed by atoms with van der Waals surface area (Å²) in [5.41, 5.74) is 0.842. The maximum absolute atomic E-state index is 9.19. The summed E-state index contributed by atoms with van der Waals surface area (Å²) in [6.07, 6.45) is 5.09. The number of pyridine rings is 1. The van der Waals surface area contributed by atoms with E-state index in [1.165, 1.54) is 0 Å². The molecule has 1 atom stereocenters. The average Bonchev–Trinajstić information content (AvgIpc) is 2.67. The topological polar surface area (TPSA) is 59.2 Å². The van der Waals surface area contributed by atoms with Gasteiger partial charge >= 0.3 is 0 Å². The smallest absolute Gasteiger partial charge is 0.227 e. The van der Waals surface area contributed by atoms with Crippen molar-refractivity contribution in [1.82, 2.24) is 9.97 Å². The summed E-state index contributed by atoms with van der Waals surface area (Å²) in [7, 11) is 0. The minimum absolute atomic E-state index is 0.417. The number of nitrogens with zero attached hydrogens (tertiary/aromatic N) is 2. The van der Waals surface area contributed by atoms with E-state index < -0.39 is 6.10 Å². The van der Waals surface area contributed by atoms with Crippen molar-refractivity contribution in [3.8, 4) is 11.5 Å². The van der Waals surface area contributed by atoms with E-state index in [-0.39, 0.29) is 0 Å². The molecule has 0 radical (unpaired) electrons. The summed E-state index contributed by atoms with van der Waals surface area (Å²) in [5.74, 6) is 1.22. The summed E-state index contributed by atoms with van der Waals surface area (Å²) >= 11 is 0. The van der Waals surface area contributed by atoms with Gasteiger partial charge in [-0.15, -0.1) is 0 Å². The molecule has 0 aliphatic carbocycles. The van der Waals surface area contributed by atoms with Gasteiger partial charge in [0, 0.05) is 18.8 Å². The van der Waals surface area contributed by atoms with Gasteiger partial charge < -0.3 is 9.52 Å². The molecule has 0 saturated heterocycles. The highest BCUT2D eigenvalue weighted by Gasteiger charge is 2.08. The molecule has 4 nitrogen and oxygen atoms in total. The molecule has 1 unspecified atom stereocenters. The van der Waals surface area contributed by atoms with E-state index in [9.17, 15) is 5.11 Å². The van der Waals surface area contributed by atoms with Gasteiger partial charge in [0.05, 0.1) is 17.9 Å². The third-order valence-electron chi connectivity index (χ3n) is 1.96. The van der Waals surface area contributed by atoms with Crippen molar-refractivity contribution < 1.29 is 9.52 Å². The lowest BCUT2D eigenvalue weighted by molar-refractivity contribution is 0.187. The van der Waals surface area contributed by atoms with E-state index in [0.29, 0.717) is 18.1 Å². The zero-order valence-corrected chi connectivity index (χ0v) is 8.42. The van der Waals surface area contributed by atoms with Gasteiger partial charge in [-0.05, 0) is 19.1 Å². The monoisotopic (exact) mass is 204 g/mol. The Balaban J connectivity index is 2.21. The zero-order chi connectivity index (χ0) is 10.7. The van der Waals surface area contributed by atoms with Crippen LogP contribution in [0, 0.1) is 0 Å². The molecule has 1 N–H and O–H groups in total. The number of rotatable bonds is 3. The van der Waals surface area contributed by atoms with Crippen LogP contribution in [0.25, 0.3) is 11.5 Å². The summed E-state index contributed by atoms with van der Waals surface area (Å²) in [6.45, 7) is 1.71. The van der Waals surface area contributed by atoms with Gasteiger partial charge in [-0.3, -0.25) is 4.98 Å². The average molecular weight is 204 g/mol. The Morgan fingerprint density at radius 2 is 2.33 bits per heavy atom. The summed E-state index contributed by atoms with van der Waals surface area (Å²) < 4.78 is 5.47. The Hall–Kier alpha value is -1.68. The fourth-order valence-electron chi connectivity index (χ4n) is 1.32. The maximum atomic E-state index is 9.19. The van der Waals surface area contributed by atoms with Crippen LogP contribution in [0.2, 0.25) is 0 Å².